The van der Waals surface area contributed by atoms with Crippen LogP contribution in [-0.2, 0) is 0 Å². The SMILES string of the molecule is Cc1c(-c2ncon2)c(=O)n(C2CCCC2)c2nc(Nc3ccc(N4CCNCC4)cn3)ncc12.Cl. The van der Waals surface area contributed by atoms with Gasteiger partial charge in [-0.1, -0.05) is 18.0 Å². The number of aryl methyl sites for hydroxylation is 1. The average Bonchev–Trinajstić information content (AvgIpc) is 3.61. The van der Waals surface area contributed by atoms with Crippen LogP contribution in [0.4, 0.5) is 17.5 Å². The Balaban J connectivity index is 0.00000267. The molecule has 0 bridgehead atoms. The third kappa shape index (κ3) is 4.40. The third-order valence-electron chi connectivity index (χ3n) is 6.95. The van der Waals surface area contributed by atoms with Gasteiger partial charge in [-0.15, -0.1) is 12.4 Å². The predicted molar refractivity (Wildman–Crippen MR) is 139 cm³/mol. The van der Waals surface area contributed by atoms with Crippen LogP contribution in [0.5, 0.6) is 0 Å². The van der Waals surface area contributed by atoms with Crippen molar-refractivity contribution in [2.45, 2.75) is 38.6 Å². The van der Waals surface area contributed by atoms with Crippen molar-refractivity contribution in [3.8, 4) is 11.4 Å². The Morgan fingerprint density at radius 3 is 2.58 bits per heavy atom. The van der Waals surface area contributed by atoms with Gasteiger partial charge in [0, 0.05) is 43.8 Å². The lowest BCUT2D eigenvalue weighted by Crippen LogP contribution is -2.43. The first-order valence-corrected chi connectivity index (χ1v) is 12.1. The van der Waals surface area contributed by atoms with Crippen LogP contribution in [0, 0.1) is 6.92 Å². The molecule has 0 radical (unpaired) electrons. The van der Waals surface area contributed by atoms with Gasteiger partial charge in [-0.3, -0.25) is 9.36 Å². The Morgan fingerprint density at radius 1 is 1.08 bits per heavy atom. The second-order valence-corrected chi connectivity index (χ2v) is 9.06. The van der Waals surface area contributed by atoms with E-state index in [1.165, 1.54) is 6.39 Å². The van der Waals surface area contributed by atoms with Gasteiger partial charge in [-0.25, -0.2) is 9.97 Å². The molecule has 188 valence electrons. The van der Waals surface area contributed by atoms with E-state index in [0.717, 1.165) is 68.5 Å². The summed E-state index contributed by atoms with van der Waals surface area (Å²) in [6, 6.07) is 4.06. The Morgan fingerprint density at radius 2 is 1.89 bits per heavy atom. The Kier molecular flexibility index (Phi) is 6.84. The highest BCUT2D eigenvalue weighted by atomic mass is 35.5. The summed E-state index contributed by atoms with van der Waals surface area (Å²) in [7, 11) is 0. The molecule has 0 spiro atoms. The molecule has 5 heterocycles. The number of aromatic nitrogens is 6. The Labute approximate surface area is 213 Å². The van der Waals surface area contributed by atoms with E-state index in [9.17, 15) is 4.79 Å². The normalized spacial score (nSPS) is 16.3. The summed E-state index contributed by atoms with van der Waals surface area (Å²) in [4.78, 5) is 34.0. The van der Waals surface area contributed by atoms with Crippen LogP contribution in [0.3, 0.4) is 0 Å². The number of anilines is 3. The van der Waals surface area contributed by atoms with Crippen molar-refractivity contribution in [2.75, 3.05) is 36.4 Å². The van der Waals surface area contributed by atoms with E-state index in [4.69, 9.17) is 9.51 Å². The molecular formula is C24H28ClN9O2. The monoisotopic (exact) mass is 509 g/mol. The van der Waals surface area contributed by atoms with Crippen LogP contribution < -0.4 is 21.1 Å². The molecule has 1 saturated carbocycles. The van der Waals surface area contributed by atoms with Gasteiger partial charge < -0.3 is 20.1 Å². The van der Waals surface area contributed by atoms with Gasteiger partial charge in [0.25, 0.3) is 5.56 Å². The van der Waals surface area contributed by atoms with Crippen molar-refractivity contribution in [3.63, 3.8) is 0 Å². The molecule has 6 rings (SSSR count). The number of nitrogens with zero attached hydrogens (tertiary/aromatic N) is 7. The van der Waals surface area contributed by atoms with Gasteiger partial charge in [0.1, 0.15) is 11.5 Å². The molecule has 4 aromatic heterocycles. The highest BCUT2D eigenvalue weighted by molar-refractivity contribution is 5.86. The van der Waals surface area contributed by atoms with Crippen LogP contribution in [0.1, 0.15) is 37.3 Å². The molecule has 4 aromatic rings. The molecule has 0 amide bonds. The van der Waals surface area contributed by atoms with E-state index in [1.54, 1.807) is 10.8 Å². The molecule has 36 heavy (non-hydrogen) atoms. The van der Waals surface area contributed by atoms with Gasteiger partial charge in [0.15, 0.2) is 0 Å². The molecule has 1 aliphatic carbocycles. The topological polar surface area (TPSA) is 127 Å². The fourth-order valence-electron chi connectivity index (χ4n) is 5.12. The number of piperazine rings is 1. The molecule has 0 aromatic carbocycles. The molecule has 2 aliphatic rings. The van der Waals surface area contributed by atoms with Crippen molar-refractivity contribution >= 4 is 40.9 Å². The molecule has 11 nitrogen and oxygen atoms in total. The van der Waals surface area contributed by atoms with Crippen LogP contribution >= 0.6 is 12.4 Å². The summed E-state index contributed by atoms with van der Waals surface area (Å²) in [6.45, 7) is 5.75. The molecule has 2 N–H and O–H groups in total. The number of nitrogens with one attached hydrogen (secondary N) is 2. The highest BCUT2D eigenvalue weighted by Gasteiger charge is 2.26. The van der Waals surface area contributed by atoms with Crippen molar-refractivity contribution in [2.24, 2.45) is 0 Å². The van der Waals surface area contributed by atoms with Crippen LogP contribution in [0.15, 0.2) is 40.2 Å². The summed E-state index contributed by atoms with van der Waals surface area (Å²) in [6.07, 6.45) is 8.90. The molecule has 1 saturated heterocycles. The first kappa shape index (κ1) is 24.1. The molecule has 12 heteroatoms. The first-order chi connectivity index (χ1) is 17.2. The number of fused-ring (bicyclic) bond motifs is 1. The van der Waals surface area contributed by atoms with Crippen LogP contribution in [0.25, 0.3) is 22.4 Å². The number of hydrogen-bond donors (Lipinski definition) is 2. The van der Waals surface area contributed by atoms with Crippen LogP contribution in [0.2, 0.25) is 0 Å². The maximum atomic E-state index is 13.7. The lowest BCUT2D eigenvalue weighted by Gasteiger charge is -2.29. The fraction of sp³-hybridized carbons (Fsp3) is 0.417. The summed E-state index contributed by atoms with van der Waals surface area (Å²) in [5, 5.41) is 11.3. The fourth-order valence-corrected chi connectivity index (χ4v) is 5.12. The average molecular weight is 510 g/mol. The van der Waals surface area contributed by atoms with E-state index in [0.29, 0.717) is 23.0 Å². The first-order valence-electron chi connectivity index (χ1n) is 12.1. The smallest absolute Gasteiger partial charge is 0.263 e. The van der Waals surface area contributed by atoms with E-state index < -0.39 is 0 Å². The largest absolute Gasteiger partial charge is 0.368 e. The van der Waals surface area contributed by atoms with Gasteiger partial charge in [0.2, 0.25) is 18.2 Å². The quantitative estimate of drug-likeness (QED) is 0.414. The second kappa shape index (κ2) is 10.2. The zero-order valence-corrected chi connectivity index (χ0v) is 20.8. The molecule has 1 aliphatic heterocycles. The van der Waals surface area contributed by atoms with Crippen molar-refractivity contribution in [1.29, 1.82) is 0 Å². The second-order valence-electron chi connectivity index (χ2n) is 9.06. The van der Waals surface area contributed by atoms with E-state index >= 15 is 0 Å². The Bertz CT molecular complexity index is 1390. The summed E-state index contributed by atoms with van der Waals surface area (Å²) >= 11 is 0. The number of pyridine rings is 2. The molecule has 0 atom stereocenters. The van der Waals surface area contributed by atoms with Crippen molar-refractivity contribution < 1.29 is 4.52 Å². The van der Waals surface area contributed by atoms with Gasteiger partial charge in [-0.2, -0.15) is 9.97 Å². The van der Waals surface area contributed by atoms with Gasteiger partial charge in [-0.05, 0) is 37.5 Å². The molecule has 0 unspecified atom stereocenters. The third-order valence-corrected chi connectivity index (χ3v) is 6.95. The van der Waals surface area contributed by atoms with Crippen LogP contribution in [-0.4, -0.2) is 55.8 Å². The number of halogens is 1. The standard InChI is InChI=1S/C24H27N9O2.ClH/c1-15-18-13-27-24(29-19-7-6-17(12-26-19)32-10-8-25-9-11-32)30-22(18)33(16-4-2-3-5-16)23(34)20(15)21-28-14-35-31-21;/h6-7,12-14,16,25H,2-5,8-11H2,1H3,(H,26,27,29,30);1H. The Hall–Kier alpha value is -3.57. The molecule has 2 fully saturated rings. The number of rotatable bonds is 5. The highest BCUT2D eigenvalue weighted by Crippen LogP contribution is 2.33. The zero-order valence-electron chi connectivity index (χ0n) is 20.0. The van der Waals surface area contributed by atoms with Crippen molar-refractivity contribution in [1.82, 2.24) is 35.0 Å². The maximum Gasteiger partial charge on any atom is 0.263 e. The lowest BCUT2D eigenvalue weighted by atomic mass is 10.1. The minimum atomic E-state index is -0.147. The number of hydrogen-bond acceptors (Lipinski definition) is 10. The van der Waals surface area contributed by atoms with Crippen molar-refractivity contribution in [3.05, 3.63) is 46.8 Å². The van der Waals surface area contributed by atoms with Gasteiger partial charge in [0.05, 0.1) is 17.4 Å². The zero-order chi connectivity index (χ0) is 23.8. The maximum absolute atomic E-state index is 13.7. The van der Waals surface area contributed by atoms with E-state index in [2.05, 4.69) is 41.7 Å². The summed E-state index contributed by atoms with van der Waals surface area (Å²) < 4.78 is 6.73. The molecular weight excluding hydrogens is 482 g/mol. The predicted octanol–water partition coefficient (Wildman–Crippen LogP) is 3.24. The summed E-state index contributed by atoms with van der Waals surface area (Å²) in [5.74, 6) is 1.34. The van der Waals surface area contributed by atoms with E-state index in [1.807, 2.05) is 19.2 Å². The minimum Gasteiger partial charge on any atom is -0.368 e. The lowest BCUT2D eigenvalue weighted by molar-refractivity contribution is 0.418. The summed E-state index contributed by atoms with van der Waals surface area (Å²) in [5.41, 5.74) is 2.74. The van der Waals surface area contributed by atoms with Gasteiger partial charge >= 0.3 is 0 Å². The minimum absolute atomic E-state index is 0. The van der Waals surface area contributed by atoms with E-state index in [-0.39, 0.29) is 29.8 Å².